The predicted octanol–water partition coefficient (Wildman–Crippen LogP) is 4.55. The van der Waals surface area contributed by atoms with Crippen molar-refractivity contribution in [1.82, 2.24) is 0 Å². The lowest BCUT2D eigenvalue weighted by Gasteiger charge is -2.16. The number of hydrogen-bond acceptors (Lipinski definition) is 3. The van der Waals surface area contributed by atoms with Crippen molar-refractivity contribution < 1.29 is 9.13 Å². The van der Waals surface area contributed by atoms with Crippen molar-refractivity contribution in [2.75, 3.05) is 11.9 Å². The van der Waals surface area contributed by atoms with Crippen molar-refractivity contribution in [2.45, 2.75) is 13.0 Å². The van der Waals surface area contributed by atoms with Gasteiger partial charge in [-0.1, -0.05) is 23.7 Å². The number of hydrogen-bond donors (Lipinski definition) is 1. The van der Waals surface area contributed by atoms with E-state index in [-0.39, 0.29) is 17.7 Å². The second-order valence-electron chi connectivity index (χ2n) is 4.51. The van der Waals surface area contributed by atoms with Crippen LogP contribution in [0.25, 0.3) is 0 Å². The van der Waals surface area contributed by atoms with Crippen LogP contribution in [0, 0.1) is 17.1 Å². The van der Waals surface area contributed by atoms with E-state index in [1.807, 2.05) is 25.1 Å². The minimum absolute atomic E-state index is 0.00408. The number of benzene rings is 2. The highest BCUT2D eigenvalue weighted by atomic mass is 35.5. The molecule has 1 atom stereocenters. The van der Waals surface area contributed by atoms with Crippen molar-refractivity contribution in [1.29, 1.82) is 5.26 Å². The van der Waals surface area contributed by atoms with Gasteiger partial charge in [0, 0.05) is 11.7 Å². The molecule has 0 saturated heterocycles. The van der Waals surface area contributed by atoms with Crippen LogP contribution < -0.4 is 10.1 Å². The summed E-state index contributed by atoms with van der Waals surface area (Å²) in [6.45, 7) is 1.99. The summed E-state index contributed by atoms with van der Waals surface area (Å²) in [5.41, 5.74) is 1.68. The zero-order valence-electron chi connectivity index (χ0n) is 11.4. The van der Waals surface area contributed by atoms with E-state index < -0.39 is 5.82 Å². The maximum atomic E-state index is 13.4. The molecule has 1 N–H and O–H groups in total. The Balaban J connectivity index is 2.04. The molecular formula is C16H14ClFN2O. The standard InChI is InChI=1S/C16H14ClFN2O/c1-11(20-13-4-7-15(17)16(18)10-13)12-2-5-14(6-3-12)21-9-8-19/h2-7,10-11,20H,9H2,1H3. The number of nitrogens with zero attached hydrogens (tertiary/aromatic N) is 1. The number of nitrogens with one attached hydrogen (secondary N) is 1. The summed E-state index contributed by atoms with van der Waals surface area (Å²) in [4.78, 5) is 0. The molecule has 0 aliphatic heterocycles. The molecule has 0 amide bonds. The molecule has 0 spiro atoms. The smallest absolute Gasteiger partial charge is 0.174 e. The van der Waals surface area contributed by atoms with E-state index in [1.165, 1.54) is 12.1 Å². The van der Waals surface area contributed by atoms with Crippen molar-refractivity contribution in [3.63, 3.8) is 0 Å². The van der Waals surface area contributed by atoms with Crippen LogP contribution in [0.2, 0.25) is 5.02 Å². The van der Waals surface area contributed by atoms with Crippen LogP contribution in [-0.2, 0) is 0 Å². The highest BCUT2D eigenvalue weighted by Gasteiger charge is 2.07. The maximum absolute atomic E-state index is 13.4. The van der Waals surface area contributed by atoms with Gasteiger partial charge in [-0.2, -0.15) is 5.26 Å². The van der Waals surface area contributed by atoms with E-state index in [2.05, 4.69) is 5.32 Å². The van der Waals surface area contributed by atoms with Gasteiger partial charge in [-0.3, -0.25) is 0 Å². The molecule has 21 heavy (non-hydrogen) atoms. The summed E-state index contributed by atoms with van der Waals surface area (Å²) in [5, 5.41) is 11.8. The molecule has 1 unspecified atom stereocenters. The molecule has 0 aromatic heterocycles. The number of nitriles is 1. The molecule has 5 heteroatoms. The van der Waals surface area contributed by atoms with Crippen LogP contribution in [-0.4, -0.2) is 6.61 Å². The first-order chi connectivity index (χ1) is 10.1. The van der Waals surface area contributed by atoms with Crippen LogP contribution in [0.5, 0.6) is 5.75 Å². The molecule has 2 aromatic rings. The monoisotopic (exact) mass is 304 g/mol. The Morgan fingerprint density at radius 3 is 2.62 bits per heavy atom. The molecule has 0 fully saturated rings. The average molecular weight is 305 g/mol. The van der Waals surface area contributed by atoms with Crippen molar-refractivity contribution in [3.05, 3.63) is 58.9 Å². The van der Waals surface area contributed by atoms with Crippen LogP contribution >= 0.6 is 11.6 Å². The average Bonchev–Trinajstić information content (AvgIpc) is 2.49. The first-order valence-corrected chi connectivity index (χ1v) is 6.79. The quantitative estimate of drug-likeness (QED) is 0.881. The van der Waals surface area contributed by atoms with Crippen LogP contribution in [0.3, 0.4) is 0 Å². The maximum Gasteiger partial charge on any atom is 0.174 e. The van der Waals surface area contributed by atoms with Gasteiger partial charge in [0.05, 0.1) is 5.02 Å². The van der Waals surface area contributed by atoms with Crippen molar-refractivity contribution in [3.8, 4) is 11.8 Å². The number of ether oxygens (including phenoxy) is 1. The SMILES string of the molecule is CC(Nc1ccc(Cl)c(F)c1)c1ccc(OCC#N)cc1. The van der Waals surface area contributed by atoms with E-state index in [4.69, 9.17) is 21.6 Å². The highest BCUT2D eigenvalue weighted by molar-refractivity contribution is 6.30. The molecule has 2 rings (SSSR count). The Morgan fingerprint density at radius 1 is 1.29 bits per heavy atom. The predicted molar refractivity (Wildman–Crippen MR) is 81.0 cm³/mol. The molecule has 0 heterocycles. The highest BCUT2D eigenvalue weighted by Crippen LogP contribution is 2.24. The molecule has 108 valence electrons. The zero-order valence-corrected chi connectivity index (χ0v) is 12.2. The Kier molecular flexibility index (Phi) is 5.02. The molecule has 0 aliphatic carbocycles. The van der Waals surface area contributed by atoms with Gasteiger partial charge in [-0.05, 0) is 42.8 Å². The van der Waals surface area contributed by atoms with Crippen molar-refractivity contribution >= 4 is 17.3 Å². The largest absolute Gasteiger partial charge is 0.479 e. The summed E-state index contributed by atoms with van der Waals surface area (Å²) in [5.74, 6) is 0.194. The number of rotatable bonds is 5. The van der Waals surface area contributed by atoms with Gasteiger partial charge in [0.15, 0.2) is 6.61 Å². The molecule has 2 aromatic carbocycles. The Bertz CT molecular complexity index is 652. The van der Waals surface area contributed by atoms with Gasteiger partial charge in [0.2, 0.25) is 0 Å². The van der Waals surface area contributed by atoms with Crippen molar-refractivity contribution in [2.24, 2.45) is 0 Å². The van der Waals surface area contributed by atoms with Gasteiger partial charge in [-0.25, -0.2) is 4.39 Å². The fourth-order valence-electron chi connectivity index (χ4n) is 1.89. The fraction of sp³-hybridized carbons (Fsp3) is 0.188. The summed E-state index contributed by atoms with van der Waals surface area (Å²) in [6, 6.07) is 13.9. The second-order valence-corrected chi connectivity index (χ2v) is 4.92. The van der Waals surface area contributed by atoms with Gasteiger partial charge in [0.1, 0.15) is 17.6 Å². The summed E-state index contributed by atoms with van der Waals surface area (Å²) >= 11 is 5.65. The normalized spacial score (nSPS) is 11.5. The number of halogens is 2. The third-order valence-corrected chi connectivity index (χ3v) is 3.29. The lowest BCUT2D eigenvalue weighted by molar-refractivity contribution is 0.368. The van der Waals surface area contributed by atoms with Crippen LogP contribution in [0.4, 0.5) is 10.1 Å². The van der Waals surface area contributed by atoms with E-state index in [0.717, 1.165) is 5.56 Å². The molecular weight excluding hydrogens is 291 g/mol. The minimum atomic E-state index is -0.450. The van der Waals surface area contributed by atoms with Gasteiger partial charge in [-0.15, -0.1) is 0 Å². The van der Waals surface area contributed by atoms with E-state index in [0.29, 0.717) is 11.4 Å². The Hall–Kier alpha value is -2.25. The first kappa shape index (κ1) is 15.1. The van der Waals surface area contributed by atoms with Gasteiger partial charge >= 0.3 is 0 Å². The lowest BCUT2D eigenvalue weighted by atomic mass is 10.1. The molecule has 0 bridgehead atoms. The van der Waals surface area contributed by atoms with Gasteiger partial charge < -0.3 is 10.1 Å². The Labute approximate surface area is 127 Å². The second kappa shape index (κ2) is 6.96. The lowest BCUT2D eigenvalue weighted by Crippen LogP contribution is -2.06. The first-order valence-electron chi connectivity index (χ1n) is 6.41. The topological polar surface area (TPSA) is 45.0 Å². The molecule has 3 nitrogen and oxygen atoms in total. The van der Waals surface area contributed by atoms with Crippen LogP contribution in [0.15, 0.2) is 42.5 Å². The van der Waals surface area contributed by atoms with Crippen LogP contribution in [0.1, 0.15) is 18.5 Å². The fourth-order valence-corrected chi connectivity index (χ4v) is 2.01. The minimum Gasteiger partial charge on any atom is -0.479 e. The zero-order chi connectivity index (χ0) is 15.2. The van der Waals surface area contributed by atoms with E-state index in [9.17, 15) is 4.39 Å². The van der Waals surface area contributed by atoms with Gasteiger partial charge in [0.25, 0.3) is 0 Å². The summed E-state index contributed by atoms with van der Waals surface area (Å²) in [6.07, 6.45) is 0. The molecule has 0 aliphatic rings. The number of anilines is 1. The molecule has 0 radical (unpaired) electrons. The summed E-state index contributed by atoms with van der Waals surface area (Å²) in [7, 11) is 0. The molecule has 0 saturated carbocycles. The third-order valence-electron chi connectivity index (χ3n) is 2.99. The third kappa shape index (κ3) is 4.11. The van der Waals surface area contributed by atoms with E-state index in [1.54, 1.807) is 18.2 Å². The Morgan fingerprint density at radius 2 is 2.00 bits per heavy atom. The summed E-state index contributed by atoms with van der Waals surface area (Å²) < 4.78 is 18.6. The van der Waals surface area contributed by atoms with E-state index >= 15 is 0 Å².